The summed E-state index contributed by atoms with van der Waals surface area (Å²) in [6.45, 7) is 0. The van der Waals surface area contributed by atoms with Crippen LogP contribution < -0.4 is 5.32 Å². The number of para-hydroxylation sites is 1. The van der Waals surface area contributed by atoms with Crippen LogP contribution in [0.25, 0.3) is 6.08 Å². The molecule has 0 radical (unpaired) electrons. The van der Waals surface area contributed by atoms with Gasteiger partial charge in [0.05, 0.1) is 10.6 Å². The third-order valence-corrected chi connectivity index (χ3v) is 4.19. The number of phenolic OH excluding ortho intramolecular Hbond substituents is 1. The first kappa shape index (κ1) is 13.1. The van der Waals surface area contributed by atoms with Gasteiger partial charge in [-0.3, -0.25) is 4.79 Å². The van der Waals surface area contributed by atoms with Crippen LogP contribution in [0.5, 0.6) is 5.75 Å². The molecule has 0 fully saturated rings. The van der Waals surface area contributed by atoms with E-state index < -0.39 is 0 Å². The van der Waals surface area contributed by atoms with Crippen molar-refractivity contribution in [1.29, 1.82) is 0 Å². The third kappa shape index (κ3) is 2.53. The Balaban J connectivity index is 2.01. The van der Waals surface area contributed by atoms with Gasteiger partial charge in [0.1, 0.15) is 5.75 Å². The van der Waals surface area contributed by atoms with E-state index in [1.807, 2.05) is 24.3 Å². The van der Waals surface area contributed by atoms with Gasteiger partial charge < -0.3 is 10.4 Å². The summed E-state index contributed by atoms with van der Waals surface area (Å²) in [6.07, 6.45) is 1.64. The maximum Gasteiger partial charge on any atom is 0.262 e. The SMILES string of the molecule is O=C1Nc2ccccc2S/C1=C\c1cc(Cl)ccc1O. The molecule has 1 aliphatic heterocycles. The largest absolute Gasteiger partial charge is 0.507 e. The van der Waals surface area contributed by atoms with E-state index in [1.165, 1.54) is 17.8 Å². The molecule has 2 N–H and O–H groups in total. The predicted molar refractivity (Wildman–Crippen MR) is 82.0 cm³/mol. The van der Waals surface area contributed by atoms with Gasteiger partial charge in [0.15, 0.2) is 0 Å². The minimum atomic E-state index is -0.187. The van der Waals surface area contributed by atoms with Gasteiger partial charge in [-0.1, -0.05) is 35.5 Å². The summed E-state index contributed by atoms with van der Waals surface area (Å²) in [5, 5.41) is 13.1. The molecule has 3 nitrogen and oxygen atoms in total. The third-order valence-electron chi connectivity index (χ3n) is 2.86. The van der Waals surface area contributed by atoms with E-state index in [9.17, 15) is 9.90 Å². The summed E-state index contributed by atoms with van der Waals surface area (Å²) in [7, 11) is 0. The fraction of sp³-hybridized carbons (Fsp3) is 0. The number of hydrogen-bond donors (Lipinski definition) is 2. The first-order valence-corrected chi connectivity index (χ1v) is 7.11. The van der Waals surface area contributed by atoms with Crippen LogP contribution in [0.2, 0.25) is 5.02 Å². The first-order chi connectivity index (χ1) is 9.63. The highest BCUT2D eigenvalue weighted by Crippen LogP contribution is 2.39. The topological polar surface area (TPSA) is 49.3 Å². The standard InChI is InChI=1S/C15H10ClNO2S/c16-10-5-6-12(18)9(7-10)8-14-15(19)17-11-3-1-2-4-13(11)20-14/h1-8,18H,(H,17,19)/b14-8-. The average Bonchev–Trinajstić information content (AvgIpc) is 2.43. The Morgan fingerprint density at radius 2 is 2.00 bits per heavy atom. The zero-order valence-corrected chi connectivity index (χ0v) is 11.8. The molecule has 0 aliphatic carbocycles. The number of anilines is 1. The number of phenols is 1. The van der Waals surface area contributed by atoms with Crippen LogP contribution in [0.3, 0.4) is 0 Å². The van der Waals surface area contributed by atoms with Crippen molar-refractivity contribution in [1.82, 2.24) is 0 Å². The number of rotatable bonds is 1. The number of carbonyl (C=O) groups excluding carboxylic acids is 1. The Kier molecular flexibility index (Phi) is 3.42. The number of fused-ring (bicyclic) bond motifs is 1. The van der Waals surface area contributed by atoms with Crippen molar-refractivity contribution in [3.05, 3.63) is 58.0 Å². The van der Waals surface area contributed by atoms with Gasteiger partial charge in [-0.25, -0.2) is 0 Å². The van der Waals surface area contributed by atoms with Gasteiger partial charge in [0.2, 0.25) is 0 Å². The lowest BCUT2D eigenvalue weighted by molar-refractivity contribution is -0.112. The molecular formula is C15H10ClNO2S. The normalized spacial score (nSPS) is 15.8. The molecule has 0 atom stereocenters. The molecule has 0 saturated heterocycles. The van der Waals surface area contributed by atoms with Crippen molar-refractivity contribution in [2.45, 2.75) is 4.90 Å². The van der Waals surface area contributed by atoms with Crippen molar-refractivity contribution >= 4 is 41.0 Å². The molecule has 100 valence electrons. The van der Waals surface area contributed by atoms with Crippen LogP contribution >= 0.6 is 23.4 Å². The predicted octanol–water partition coefficient (Wildman–Crippen LogP) is 4.13. The molecule has 3 rings (SSSR count). The molecule has 1 heterocycles. The van der Waals surface area contributed by atoms with Gasteiger partial charge in [-0.15, -0.1) is 0 Å². The highest BCUT2D eigenvalue weighted by atomic mass is 35.5. The van der Waals surface area contributed by atoms with Crippen molar-refractivity contribution in [3.63, 3.8) is 0 Å². The number of aromatic hydroxyl groups is 1. The number of nitrogens with one attached hydrogen (secondary N) is 1. The Morgan fingerprint density at radius 3 is 2.85 bits per heavy atom. The number of hydrogen-bond acceptors (Lipinski definition) is 3. The summed E-state index contributed by atoms with van der Waals surface area (Å²) in [5.41, 5.74) is 1.32. The van der Waals surface area contributed by atoms with Crippen LogP contribution in [-0.2, 0) is 4.79 Å². The first-order valence-electron chi connectivity index (χ1n) is 5.92. The Hall–Kier alpha value is -1.91. The van der Waals surface area contributed by atoms with E-state index >= 15 is 0 Å². The number of amides is 1. The lowest BCUT2D eigenvalue weighted by atomic mass is 10.2. The smallest absolute Gasteiger partial charge is 0.262 e. The molecule has 0 saturated carbocycles. The summed E-state index contributed by atoms with van der Waals surface area (Å²) in [6, 6.07) is 12.3. The number of carbonyl (C=O) groups is 1. The van der Waals surface area contributed by atoms with Crippen molar-refractivity contribution in [2.75, 3.05) is 5.32 Å². The zero-order chi connectivity index (χ0) is 14.1. The molecule has 1 amide bonds. The van der Waals surface area contributed by atoms with Crippen molar-refractivity contribution < 1.29 is 9.90 Å². The molecule has 2 aromatic rings. The second-order valence-corrected chi connectivity index (χ2v) is 5.78. The second kappa shape index (κ2) is 5.23. The molecule has 20 heavy (non-hydrogen) atoms. The lowest BCUT2D eigenvalue weighted by Crippen LogP contribution is -2.17. The van der Waals surface area contributed by atoms with Gasteiger partial charge in [0, 0.05) is 15.5 Å². The zero-order valence-electron chi connectivity index (χ0n) is 10.3. The summed E-state index contributed by atoms with van der Waals surface area (Å²) in [5.74, 6) is -0.0952. The van der Waals surface area contributed by atoms with E-state index in [-0.39, 0.29) is 11.7 Å². The average molecular weight is 304 g/mol. The molecular weight excluding hydrogens is 294 g/mol. The van der Waals surface area contributed by atoms with Gasteiger partial charge in [-0.05, 0) is 36.4 Å². The Morgan fingerprint density at radius 1 is 1.20 bits per heavy atom. The summed E-state index contributed by atoms with van der Waals surface area (Å²) < 4.78 is 0. The van der Waals surface area contributed by atoms with E-state index in [0.717, 1.165) is 10.6 Å². The highest BCUT2D eigenvalue weighted by Gasteiger charge is 2.20. The molecule has 0 bridgehead atoms. The highest BCUT2D eigenvalue weighted by molar-refractivity contribution is 8.04. The molecule has 1 aliphatic rings. The monoisotopic (exact) mass is 303 g/mol. The van der Waals surface area contributed by atoms with Crippen LogP contribution in [0.1, 0.15) is 5.56 Å². The second-order valence-electron chi connectivity index (χ2n) is 4.26. The fourth-order valence-corrected chi connectivity index (χ4v) is 3.01. The summed E-state index contributed by atoms with van der Waals surface area (Å²) in [4.78, 5) is 13.5. The van der Waals surface area contributed by atoms with Gasteiger partial charge >= 0.3 is 0 Å². The van der Waals surface area contributed by atoms with E-state index in [1.54, 1.807) is 18.2 Å². The minimum Gasteiger partial charge on any atom is -0.507 e. The molecule has 5 heteroatoms. The van der Waals surface area contributed by atoms with Crippen LogP contribution in [-0.4, -0.2) is 11.0 Å². The van der Waals surface area contributed by atoms with Crippen LogP contribution in [0.4, 0.5) is 5.69 Å². The summed E-state index contributed by atoms with van der Waals surface area (Å²) >= 11 is 7.27. The number of halogens is 1. The lowest BCUT2D eigenvalue weighted by Gasteiger charge is -2.18. The maximum absolute atomic E-state index is 12.0. The number of thioether (sulfide) groups is 1. The van der Waals surface area contributed by atoms with Gasteiger partial charge in [0.25, 0.3) is 5.91 Å². The quantitative estimate of drug-likeness (QED) is 0.779. The van der Waals surface area contributed by atoms with Gasteiger partial charge in [-0.2, -0.15) is 0 Å². The molecule has 2 aromatic carbocycles. The van der Waals surface area contributed by atoms with Crippen molar-refractivity contribution in [2.24, 2.45) is 0 Å². The Labute approximate surface area is 125 Å². The minimum absolute atomic E-state index is 0.0918. The van der Waals surface area contributed by atoms with E-state index in [4.69, 9.17) is 11.6 Å². The van der Waals surface area contributed by atoms with E-state index in [2.05, 4.69) is 5.32 Å². The van der Waals surface area contributed by atoms with Crippen molar-refractivity contribution in [3.8, 4) is 5.75 Å². The Bertz CT molecular complexity index is 728. The van der Waals surface area contributed by atoms with Crippen LogP contribution in [0, 0.1) is 0 Å². The molecule has 0 spiro atoms. The molecule has 0 unspecified atom stereocenters. The fourth-order valence-electron chi connectivity index (χ4n) is 1.88. The van der Waals surface area contributed by atoms with E-state index in [0.29, 0.717) is 15.5 Å². The van der Waals surface area contributed by atoms with Crippen LogP contribution in [0.15, 0.2) is 52.3 Å². The number of benzene rings is 2. The maximum atomic E-state index is 12.0. The molecule has 0 aromatic heterocycles.